The van der Waals surface area contributed by atoms with E-state index < -0.39 is 0 Å². The van der Waals surface area contributed by atoms with Crippen molar-refractivity contribution in [3.05, 3.63) is 17.2 Å². The molecule has 0 radical (unpaired) electrons. The highest BCUT2D eigenvalue weighted by atomic mass is 15.1. The number of nitrogens with one attached hydrogen (secondary N) is 1. The molecule has 2 heterocycles. The van der Waals surface area contributed by atoms with Crippen molar-refractivity contribution in [3.63, 3.8) is 0 Å². The second kappa shape index (κ2) is 6.56. The Kier molecular flexibility index (Phi) is 5.03. The second-order valence-corrected chi connectivity index (χ2v) is 6.63. The average molecular weight is 263 g/mol. The summed E-state index contributed by atoms with van der Waals surface area (Å²) < 4.78 is 2.53. The van der Waals surface area contributed by atoms with Crippen LogP contribution in [0.3, 0.4) is 0 Å². The van der Waals surface area contributed by atoms with Gasteiger partial charge in [-0.15, -0.1) is 0 Å². The summed E-state index contributed by atoms with van der Waals surface area (Å²) in [5.74, 6) is 2.79. The van der Waals surface area contributed by atoms with Gasteiger partial charge in [0.2, 0.25) is 0 Å². The van der Waals surface area contributed by atoms with Gasteiger partial charge in [0, 0.05) is 38.2 Å². The van der Waals surface area contributed by atoms with Gasteiger partial charge in [0.25, 0.3) is 0 Å². The Morgan fingerprint density at radius 1 is 1.21 bits per heavy atom. The van der Waals surface area contributed by atoms with Gasteiger partial charge in [0.1, 0.15) is 5.82 Å². The van der Waals surface area contributed by atoms with Crippen LogP contribution in [-0.2, 0) is 25.9 Å². The molecule has 0 saturated carbocycles. The van der Waals surface area contributed by atoms with Gasteiger partial charge in [-0.2, -0.15) is 0 Å². The van der Waals surface area contributed by atoms with Gasteiger partial charge in [-0.25, -0.2) is 4.98 Å². The SMILES string of the molecule is CC(C)CCCn1c(CC(C)C)nc2c1CCNC2. The molecule has 0 aliphatic carbocycles. The Bertz CT molecular complexity index is 404. The molecular formula is C16H29N3. The topological polar surface area (TPSA) is 29.9 Å². The molecule has 3 heteroatoms. The third kappa shape index (κ3) is 3.82. The molecule has 0 saturated heterocycles. The minimum Gasteiger partial charge on any atom is -0.332 e. The van der Waals surface area contributed by atoms with E-state index in [1.165, 1.54) is 30.1 Å². The Morgan fingerprint density at radius 2 is 2.00 bits per heavy atom. The van der Waals surface area contributed by atoms with Crippen LogP contribution in [0.5, 0.6) is 0 Å². The van der Waals surface area contributed by atoms with E-state index in [0.29, 0.717) is 5.92 Å². The lowest BCUT2D eigenvalue weighted by Gasteiger charge is -2.17. The maximum absolute atomic E-state index is 4.89. The van der Waals surface area contributed by atoms with E-state index in [0.717, 1.165) is 38.4 Å². The zero-order valence-electron chi connectivity index (χ0n) is 13.0. The van der Waals surface area contributed by atoms with Crippen molar-refractivity contribution in [1.29, 1.82) is 0 Å². The Labute approximate surface area is 117 Å². The predicted octanol–water partition coefficient (Wildman–Crippen LogP) is 3.16. The number of imidazole rings is 1. The molecule has 0 amide bonds. The standard InChI is InChI=1S/C16H29N3/c1-12(2)6-5-9-19-15-7-8-17-11-14(15)18-16(19)10-13(3)4/h12-13,17H,5-11H2,1-4H3. The smallest absolute Gasteiger partial charge is 0.109 e. The first kappa shape index (κ1) is 14.6. The van der Waals surface area contributed by atoms with Gasteiger partial charge in [0.15, 0.2) is 0 Å². The van der Waals surface area contributed by atoms with Gasteiger partial charge in [-0.05, 0) is 24.7 Å². The quantitative estimate of drug-likeness (QED) is 0.854. The molecule has 0 fully saturated rings. The van der Waals surface area contributed by atoms with E-state index in [2.05, 4.69) is 37.6 Å². The summed E-state index contributed by atoms with van der Waals surface area (Å²) in [5.41, 5.74) is 2.80. The lowest BCUT2D eigenvalue weighted by molar-refractivity contribution is 0.482. The highest BCUT2D eigenvalue weighted by Gasteiger charge is 2.19. The van der Waals surface area contributed by atoms with E-state index >= 15 is 0 Å². The molecule has 0 spiro atoms. The molecule has 1 aliphatic heterocycles. The van der Waals surface area contributed by atoms with E-state index in [4.69, 9.17) is 4.98 Å². The molecule has 0 aromatic carbocycles. The van der Waals surface area contributed by atoms with Gasteiger partial charge < -0.3 is 9.88 Å². The van der Waals surface area contributed by atoms with Crippen LogP contribution in [0.4, 0.5) is 0 Å². The Morgan fingerprint density at radius 3 is 2.68 bits per heavy atom. The molecule has 1 aromatic heterocycles. The number of hydrogen-bond acceptors (Lipinski definition) is 2. The van der Waals surface area contributed by atoms with Crippen molar-refractivity contribution in [2.45, 2.75) is 66.5 Å². The Hall–Kier alpha value is -0.830. The zero-order valence-corrected chi connectivity index (χ0v) is 13.0. The fraction of sp³-hybridized carbons (Fsp3) is 0.812. The van der Waals surface area contributed by atoms with Crippen LogP contribution in [0, 0.1) is 11.8 Å². The maximum Gasteiger partial charge on any atom is 0.109 e. The third-order valence-corrected chi connectivity index (χ3v) is 3.82. The zero-order chi connectivity index (χ0) is 13.8. The molecule has 3 nitrogen and oxygen atoms in total. The van der Waals surface area contributed by atoms with Crippen LogP contribution < -0.4 is 5.32 Å². The normalized spacial score (nSPS) is 15.3. The summed E-state index contributed by atoms with van der Waals surface area (Å²) in [6.07, 6.45) is 4.84. The highest BCUT2D eigenvalue weighted by Crippen LogP contribution is 2.20. The number of hydrogen-bond donors (Lipinski definition) is 1. The summed E-state index contributed by atoms with van der Waals surface area (Å²) in [5, 5.41) is 3.43. The van der Waals surface area contributed by atoms with Crippen LogP contribution >= 0.6 is 0 Å². The van der Waals surface area contributed by atoms with Gasteiger partial charge in [0.05, 0.1) is 5.69 Å². The summed E-state index contributed by atoms with van der Waals surface area (Å²) in [7, 11) is 0. The fourth-order valence-corrected chi connectivity index (χ4v) is 2.87. The Balaban J connectivity index is 2.14. The number of rotatable bonds is 6. The molecule has 1 aromatic rings. The predicted molar refractivity (Wildman–Crippen MR) is 80.3 cm³/mol. The first-order chi connectivity index (χ1) is 9.08. The van der Waals surface area contributed by atoms with Crippen molar-refractivity contribution in [2.24, 2.45) is 11.8 Å². The molecule has 0 unspecified atom stereocenters. The fourth-order valence-electron chi connectivity index (χ4n) is 2.87. The van der Waals surface area contributed by atoms with Crippen molar-refractivity contribution in [1.82, 2.24) is 14.9 Å². The largest absolute Gasteiger partial charge is 0.332 e. The number of nitrogens with zero attached hydrogens (tertiary/aromatic N) is 2. The maximum atomic E-state index is 4.89. The highest BCUT2D eigenvalue weighted by molar-refractivity contribution is 5.20. The number of aromatic nitrogens is 2. The van der Waals surface area contributed by atoms with Crippen molar-refractivity contribution >= 4 is 0 Å². The van der Waals surface area contributed by atoms with Crippen LogP contribution in [0.1, 0.15) is 57.7 Å². The number of fused-ring (bicyclic) bond motifs is 1. The van der Waals surface area contributed by atoms with Crippen LogP contribution in [0.2, 0.25) is 0 Å². The van der Waals surface area contributed by atoms with E-state index in [1.54, 1.807) is 0 Å². The minimum absolute atomic E-state index is 0.681. The molecular weight excluding hydrogens is 234 g/mol. The summed E-state index contributed by atoms with van der Waals surface area (Å²) in [6, 6.07) is 0. The molecule has 0 atom stereocenters. The summed E-state index contributed by atoms with van der Waals surface area (Å²) in [6.45, 7) is 12.4. The first-order valence-electron chi connectivity index (χ1n) is 7.85. The lowest BCUT2D eigenvalue weighted by atomic mass is 10.1. The third-order valence-electron chi connectivity index (χ3n) is 3.82. The molecule has 1 aliphatic rings. The monoisotopic (exact) mass is 263 g/mol. The van der Waals surface area contributed by atoms with Crippen molar-refractivity contribution in [2.75, 3.05) is 6.54 Å². The van der Waals surface area contributed by atoms with Crippen molar-refractivity contribution < 1.29 is 0 Å². The lowest BCUT2D eigenvalue weighted by Crippen LogP contribution is -2.25. The molecule has 2 rings (SSSR count). The summed E-state index contributed by atoms with van der Waals surface area (Å²) >= 11 is 0. The van der Waals surface area contributed by atoms with E-state index in [1.807, 2.05) is 0 Å². The average Bonchev–Trinajstić information content (AvgIpc) is 2.66. The summed E-state index contributed by atoms with van der Waals surface area (Å²) in [4.78, 5) is 4.89. The molecule has 19 heavy (non-hydrogen) atoms. The van der Waals surface area contributed by atoms with Crippen LogP contribution in [0.15, 0.2) is 0 Å². The van der Waals surface area contributed by atoms with Gasteiger partial charge in [-0.3, -0.25) is 0 Å². The minimum atomic E-state index is 0.681. The second-order valence-electron chi connectivity index (χ2n) is 6.63. The van der Waals surface area contributed by atoms with Gasteiger partial charge in [-0.1, -0.05) is 27.7 Å². The molecule has 1 N–H and O–H groups in total. The molecule has 0 bridgehead atoms. The van der Waals surface area contributed by atoms with Gasteiger partial charge >= 0.3 is 0 Å². The van der Waals surface area contributed by atoms with E-state index in [9.17, 15) is 0 Å². The van der Waals surface area contributed by atoms with Crippen molar-refractivity contribution in [3.8, 4) is 0 Å². The van der Waals surface area contributed by atoms with Crippen LogP contribution in [-0.4, -0.2) is 16.1 Å². The van der Waals surface area contributed by atoms with E-state index in [-0.39, 0.29) is 0 Å². The van der Waals surface area contributed by atoms with Crippen LogP contribution in [0.25, 0.3) is 0 Å². The molecule has 108 valence electrons. The first-order valence-corrected chi connectivity index (χ1v) is 7.85.